The fraction of sp³-hybridized carbons (Fsp3) is 0.444. The lowest BCUT2D eigenvalue weighted by atomic mass is 10.2. The molecule has 0 N–H and O–H groups in total. The summed E-state index contributed by atoms with van der Waals surface area (Å²) < 4.78 is 16.0. The minimum absolute atomic E-state index is 0.0166. The van der Waals surface area contributed by atoms with Gasteiger partial charge in [-0.2, -0.15) is 0 Å². The second-order valence-electron chi connectivity index (χ2n) is 6.94. The Morgan fingerprint density at radius 2 is 1.67 bits per heavy atom. The van der Waals surface area contributed by atoms with Crippen LogP contribution in [0.3, 0.4) is 0 Å². The molecule has 132 valence electrons. The van der Waals surface area contributed by atoms with E-state index in [4.69, 9.17) is 13.9 Å². The van der Waals surface area contributed by atoms with Gasteiger partial charge in [-0.05, 0) is 42.4 Å². The summed E-state index contributed by atoms with van der Waals surface area (Å²) in [5.74, 6) is 0.378. The van der Waals surface area contributed by atoms with Crippen molar-refractivity contribution in [2.24, 2.45) is 4.99 Å². The summed E-state index contributed by atoms with van der Waals surface area (Å²) >= 11 is 0. The van der Waals surface area contributed by atoms with E-state index in [1.54, 1.807) is 31.4 Å². The Morgan fingerprint density at radius 1 is 1.12 bits per heavy atom. The normalized spacial score (nSPS) is 12.5. The molecule has 0 radical (unpaired) electrons. The molecule has 0 aliphatic rings. The second kappa shape index (κ2) is 7.66. The van der Waals surface area contributed by atoms with Gasteiger partial charge in [0.05, 0.1) is 19.9 Å². The Kier molecular flexibility index (Phi) is 6.37. The van der Waals surface area contributed by atoms with Crippen LogP contribution in [-0.4, -0.2) is 34.2 Å². The first kappa shape index (κ1) is 20.0. The average molecular weight is 350 g/mol. The molecule has 0 fully saturated rings. The van der Waals surface area contributed by atoms with Crippen LogP contribution in [0.1, 0.15) is 20.8 Å². The number of hydrogen-bond donors (Lipinski definition) is 0. The molecule has 0 aliphatic heterocycles. The summed E-state index contributed by atoms with van der Waals surface area (Å²) in [6.07, 6.45) is 0. The molecule has 0 atom stereocenters. The molecule has 0 amide bonds. The predicted octanol–water partition coefficient (Wildman–Crippen LogP) is 4.48. The summed E-state index contributed by atoms with van der Waals surface area (Å²) in [6, 6.07) is 7.04. The Bertz CT molecular complexity index is 627. The minimum atomic E-state index is -2.13. The molecule has 0 saturated heterocycles. The van der Waals surface area contributed by atoms with Crippen molar-refractivity contribution >= 4 is 25.7 Å². The van der Waals surface area contributed by atoms with Crippen LogP contribution in [0.15, 0.2) is 41.6 Å². The number of nitrogens with zero attached hydrogens (tertiary/aromatic N) is 1. The van der Waals surface area contributed by atoms with Gasteiger partial charge in [0.1, 0.15) is 11.5 Å². The van der Waals surface area contributed by atoms with Gasteiger partial charge < -0.3 is 13.9 Å². The van der Waals surface area contributed by atoms with Crippen LogP contribution in [0.2, 0.25) is 18.1 Å². The maximum atomic E-state index is 12.1. The quantitative estimate of drug-likeness (QED) is 0.329. The van der Waals surface area contributed by atoms with Gasteiger partial charge in [-0.3, -0.25) is 0 Å². The molecule has 0 saturated carbocycles. The van der Waals surface area contributed by atoms with Crippen LogP contribution in [0.5, 0.6) is 5.75 Å². The Labute approximate surface area is 145 Å². The number of carbonyl (C=O) groups excluding carboxylic acids is 1. The average Bonchev–Trinajstić information content (AvgIpc) is 2.50. The highest BCUT2D eigenvalue weighted by Gasteiger charge is 2.40. The highest BCUT2D eigenvalue weighted by molar-refractivity contribution is 6.74. The lowest BCUT2D eigenvalue weighted by molar-refractivity contribution is -0.132. The number of hydrogen-bond acceptors (Lipinski definition) is 5. The molecule has 5 nitrogen and oxygen atoms in total. The third kappa shape index (κ3) is 4.96. The summed E-state index contributed by atoms with van der Waals surface area (Å²) in [6.45, 7) is 14.4. The molecule has 0 spiro atoms. The third-order valence-electron chi connectivity index (χ3n) is 4.14. The smallest absolute Gasteiger partial charge is 0.360 e. The van der Waals surface area contributed by atoms with Crippen molar-refractivity contribution in [3.05, 3.63) is 36.6 Å². The monoisotopic (exact) mass is 349 g/mol. The molecule has 1 aromatic carbocycles. The lowest BCUT2D eigenvalue weighted by Gasteiger charge is -2.36. The fourth-order valence-corrected chi connectivity index (χ4v) is 2.63. The first-order chi connectivity index (χ1) is 11.0. The molecule has 0 heterocycles. The van der Waals surface area contributed by atoms with Crippen molar-refractivity contribution in [3.63, 3.8) is 0 Å². The van der Waals surface area contributed by atoms with E-state index < -0.39 is 14.3 Å². The van der Waals surface area contributed by atoms with E-state index in [9.17, 15) is 4.79 Å². The summed E-state index contributed by atoms with van der Waals surface area (Å²) in [4.78, 5) is 16.5. The van der Waals surface area contributed by atoms with Crippen molar-refractivity contribution in [1.29, 1.82) is 0 Å². The van der Waals surface area contributed by atoms with E-state index in [1.165, 1.54) is 7.11 Å². The van der Waals surface area contributed by atoms with Gasteiger partial charge in [-0.15, -0.1) is 0 Å². The molecule has 24 heavy (non-hydrogen) atoms. The van der Waals surface area contributed by atoms with Crippen LogP contribution in [-0.2, 0) is 14.0 Å². The maximum Gasteiger partial charge on any atom is 0.360 e. The van der Waals surface area contributed by atoms with E-state index in [0.717, 1.165) is 0 Å². The zero-order valence-electron chi connectivity index (χ0n) is 15.6. The van der Waals surface area contributed by atoms with Crippen molar-refractivity contribution in [2.45, 2.75) is 38.9 Å². The van der Waals surface area contributed by atoms with Crippen LogP contribution < -0.4 is 4.74 Å². The number of benzene rings is 1. The SMILES string of the molecule is C=C(O[Si](C)(C)C(C)(C)C)C(=Nc1ccc(OC)cc1)C(=O)OC. The highest BCUT2D eigenvalue weighted by Crippen LogP contribution is 2.38. The van der Waals surface area contributed by atoms with Crippen molar-refractivity contribution < 1.29 is 18.7 Å². The number of methoxy groups -OCH3 is 2. The minimum Gasteiger partial charge on any atom is -0.542 e. The maximum absolute atomic E-state index is 12.1. The van der Waals surface area contributed by atoms with E-state index >= 15 is 0 Å². The molecule has 6 heteroatoms. The van der Waals surface area contributed by atoms with Crippen LogP contribution in [0.4, 0.5) is 5.69 Å². The Balaban J connectivity index is 3.14. The molecular weight excluding hydrogens is 322 g/mol. The van der Waals surface area contributed by atoms with E-state index in [0.29, 0.717) is 11.4 Å². The van der Waals surface area contributed by atoms with Gasteiger partial charge in [0, 0.05) is 0 Å². The number of rotatable bonds is 6. The predicted molar refractivity (Wildman–Crippen MR) is 99.5 cm³/mol. The zero-order valence-corrected chi connectivity index (χ0v) is 16.6. The highest BCUT2D eigenvalue weighted by atomic mass is 28.4. The van der Waals surface area contributed by atoms with Crippen LogP contribution in [0.25, 0.3) is 0 Å². The second-order valence-corrected chi connectivity index (χ2v) is 11.7. The summed E-state index contributed by atoms with van der Waals surface area (Å²) in [5, 5.41) is -0.0166. The number of carbonyl (C=O) groups is 1. The van der Waals surface area contributed by atoms with Crippen LogP contribution in [0, 0.1) is 0 Å². The molecular formula is C18H27NO4Si. The fourth-order valence-electron chi connectivity index (χ4n) is 1.61. The molecule has 1 aromatic rings. The lowest BCUT2D eigenvalue weighted by Crippen LogP contribution is -2.41. The number of ether oxygens (including phenoxy) is 2. The number of aliphatic imine (C=N–C) groups is 1. The topological polar surface area (TPSA) is 57.1 Å². The van der Waals surface area contributed by atoms with Gasteiger partial charge in [-0.25, -0.2) is 9.79 Å². The first-order valence-corrected chi connectivity index (χ1v) is 10.6. The van der Waals surface area contributed by atoms with E-state index in [-0.39, 0.29) is 16.5 Å². The molecule has 1 rings (SSSR count). The van der Waals surface area contributed by atoms with Crippen LogP contribution >= 0.6 is 0 Å². The summed E-state index contributed by atoms with van der Waals surface area (Å²) in [7, 11) is 0.772. The standard InChI is InChI=1S/C18H27NO4Si/c1-13(23-24(7,8)18(2,3)4)16(17(20)22-6)19-14-9-11-15(21-5)12-10-14/h9-12H,1H2,2-8H3. The largest absolute Gasteiger partial charge is 0.542 e. The molecule has 0 bridgehead atoms. The first-order valence-electron chi connectivity index (χ1n) is 7.71. The van der Waals surface area contributed by atoms with Crippen molar-refractivity contribution in [3.8, 4) is 5.75 Å². The van der Waals surface area contributed by atoms with Gasteiger partial charge >= 0.3 is 5.97 Å². The van der Waals surface area contributed by atoms with Crippen molar-refractivity contribution in [2.75, 3.05) is 14.2 Å². The van der Waals surface area contributed by atoms with E-state index in [1.807, 2.05) is 0 Å². The van der Waals surface area contributed by atoms with Gasteiger partial charge in [0.2, 0.25) is 0 Å². The molecule has 0 unspecified atom stereocenters. The van der Waals surface area contributed by atoms with Gasteiger partial charge in [0.25, 0.3) is 8.32 Å². The number of esters is 1. The van der Waals surface area contributed by atoms with E-state index in [2.05, 4.69) is 45.4 Å². The Morgan fingerprint density at radius 3 is 2.08 bits per heavy atom. The molecule has 0 aromatic heterocycles. The van der Waals surface area contributed by atoms with Gasteiger partial charge in [0.15, 0.2) is 5.71 Å². The van der Waals surface area contributed by atoms with Gasteiger partial charge in [-0.1, -0.05) is 27.4 Å². The van der Waals surface area contributed by atoms with Crippen molar-refractivity contribution in [1.82, 2.24) is 0 Å². The third-order valence-corrected chi connectivity index (χ3v) is 8.51. The zero-order chi connectivity index (χ0) is 18.5. The summed E-state index contributed by atoms with van der Waals surface area (Å²) in [5.41, 5.74) is 0.670. The Hall–Kier alpha value is -2.08. The molecule has 0 aliphatic carbocycles.